The average Bonchev–Trinajstić information content (AvgIpc) is 2.39. The van der Waals surface area contributed by atoms with Crippen LogP contribution in [0.2, 0.25) is 0 Å². The molecule has 1 aliphatic rings. The van der Waals surface area contributed by atoms with E-state index in [9.17, 15) is 0 Å². The van der Waals surface area contributed by atoms with Gasteiger partial charge in [0.2, 0.25) is 0 Å². The Labute approximate surface area is 81.5 Å². The molecule has 0 amide bonds. The second kappa shape index (κ2) is 5.79. The molecule has 0 aromatic carbocycles. The van der Waals surface area contributed by atoms with Crippen molar-refractivity contribution in [3.8, 4) is 0 Å². The number of nitrogens with one attached hydrogen (secondary N) is 1. The molecule has 1 aliphatic carbocycles. The molecule has 3 heteroatoms. The van der Waals surface area contributed by atoms with Crippen LogP contribution in [0.3, 0.4) is 0 Å². The predicted octanol–water partition coefficient (Wildman–Crippen LogP) is 1.83. The lowest BCUT2D eigenvalue weighted by Gasteiger charge is -2.27. The van der Waals surface area contributed by atoms with Crippen LogP contribution < -0.4 is 5.32 Å². The molecule has 0 saturated heterocycles. The van der Waals surface area contributed by atoms with Gasteiger partial charge in [0.05, 0.1) is 6.61 Å². The summed E-state index contributed by atoms with van der Waals surface area (Å²) in [7, 11) is 3.82. The second-order valence-electron chi connectivity index (χ2n) is 3.67. The number of rotatable bonds is 4. The summed E-state index contributed by atoms with van der Waals surface area (Å²) in [6, 6.07) is 0. The Balaban J connectivity index is 0.00000121. The fraction of sp³-hybridized carbons (Fsp3) is 1.00. The topological polar surface area (TPSA) is 21.3 Å². The molecular weight excluding hydrogens is 174 g/mol. The lowest BCUT2D eigenvalue weighted by molar-refractivity contribution is 0.0842. The van der Waals surface area contributed by atoms with Crippen molar-refractivity contribution in [2.45, 2.75) is 25.7 Å². The van der Waals surface area contributed by atoms with E-state index in [1.165, 1.54) is 25.7 Å². The molecule has 1 fully saturated rings. The molecule has 74 valence electrons. The van der Waals surface area contributed by atoms with E-state index in [4.69, 9.17) is 4.74 Å². The molecule has 0 atom stereocenters. The smallest absolute Gasteiger partial charge is 0.0530 e. The molecule has 1 N–H and O–H groups in total. The monoisotopic (exact) mass is 193 g/mol. The lowest BCUT2D eigenvalue weighted by atomic mass is 9.87. The van der Waals surface area contributed by atoms with Gasteiger partial charge in [-0.15, -0.1) is 12.4 Å². The average molecular weight is 194 g/mol. The largest absolute Gasteiger partial charge is 0.384 e. The first-order valence-electron chi connectivity index (χ1n) is 4.46. The first-order valence-corrected chi connectivity index (χ1v) is 4.46. The number of hydrogen-bond donors (Lipinski definition) is 1. The molecule has 1 saturated carbocycles. The Morgan fingerprint density at radius 1 is 1.33 bits per heavy atom. The summed E-state index contributed by atoms with van der Waals surface area (Å²) in [6.07, 6.45) is 5.43. The van der Waals surface area contributed by atoms with Crippen LogP contribution in [0, 0.1) is 5.41 Å². The summed E-state index contributed by atoms with van der Waals surface area (Å²) in [5.41, 5.74) is 0.462. The summed E-state index contributed by atoms with van der Waals surface area (Å²) in [6.45, 7) is 2.04. The van der Waals surface area contributed by atoms with E-state index >= 15 is 0 Å². The highest BCUT2D eigenvalue weighted by Crippen LogP contribution is 2.37. The van der Waals surface area contributed by atoms with Crippen LogP contribution in [0.15, 0.2) is 0 Å². The molecule has 2 nitrogen and oxygen atoms in total. The van der Waals surface area contributed by atoms with E-state index in [1.54, 1.807) is 7.11 Å². The van der Waals surface area contributed by atoms with E-state index in [1.807, 2.05) is 7.05 Å². The maximum atomic E-state index is 5.24. The molecule has 0 spiro atoms. The van der Waals surface area contributed by atoms with Crippen molar-refractivity contribution in [3.05, 3.63) is 0 Å². The number of methoxy groups -OCH3 is 1. The van der Waals surface area contributed by atoms with Gasteiger partial charge in [0.15, 0.2) is 0 Å². The van der Waals surface area contributed by atoms with Crippen molar-refractivity contribution in [2.24, 2.45) is 5.41 Å². The summed E-state index contributed by atoms with van der Waals surface area (Å²) < 4.78 is 5.24. The fourth-order valence-electron chi connectivity index (χ4n) is 2.18. The minimum absolute atomic E-state index is 0. The highest BCUT2D eigenvalue weighted by Gasteiger charge is 2.32. The molecule has 0 heterocycles. The van der Waals surface area contributed by atoms with Crippen LogP contribution in [0.5, 0.6) is 0 Å². The summed E-state index contributed by atoms with van der Waals surface area (Å²) in [4.78, 5) is 0. The van der Waals surface area contributed by atoms with Crippen LogP contribution in [-0.2, 0) is 4.74 Å². The normalized spacial score (nSPS) is 20.5. The van der Waals surface area contributed by atoms with E-state index in [0.29, 0.717) is 5.41 Å². The number of ether oxygens (including phenoxy) is 1. The van der Waals surface area contributed by atoms with Gasteiger partial charge in [0, 0.05) is 19.1 Å². The molecule has 0 aliphatic heterocycles. The first-order chi connectivity index (χ1) is 5.33. The van der Waals surface area contributed by atoms with Crippen LogP contribution in [0.1, 0.15) is 25.7 Å². The second-order valence-corrected chi connectivity index (χ2v) is 3.67. The van der Waals surface area contributed by atoms with Crippen molar-refractivity contribution >= 4 is 12.4 Å². The molecule has 1 rings (SSSR count). The van der Waals surface area contributed by atoms with Gasteiger partial charge in [0.25, 0.3) is 0 Å². The van der Waals surface area contributed by atoms with Gasteiger partial charge in [-0.25, -0.2) is 0 Å². The fourth-order valence-corrected chi connectivity index (χ4v) is 2.18. The number of halogens is 1. The summed E-state index contributed by atoms with van der Waals surface area (Å²) in [5, 5.41) is 3.26. The Morgan fingerprint density at radius 2 is 1.92 bits per heavy atom. The minimum Gasteiger partial charge on any atom is -0.384 e. The molecular formula is C9H20ClNO. The lowest BCUT2D eigenvalue weighted by Crippen LogP contribution is -2.33. The van der Waals surface area contributed by atoms with Crippen LogP contribution in [0.25, 0.3) is 0 Å². The van der Waals surface area contributed by atoms with E-state index < -0.39 is 0 Å². The van der Waals surface area contributed by atoms with E-state index in [-0.39, 0.29) is 12.4 Å². The van der Waals surface area contributed by atoms with Gasteiger partial charge in [-0.3, -0.25) is 0 Å². The Morgan fingerprint density at radius 3 is 2.33 bits per heavy atom. The van der Waals surface area contributed by atoms with Crippen molar-refractivity contribution in [1.29, 1.82) is 0 Å². The van der Waals surface area contributed by atoms with Gasteiger partial charge in [0.1, 0.15) is 0 Å². The third-order valence-electron chi connectivity index (χ3n) is 2.67. The molecule has 12 heavy (non-hydrogen) atoms. The van der Waals surface area contributed by atoms with Crippen molar-refractivity contribution in [3.63, 3.8) is 0 Å². The van der Waals surface area contributed by atoms with Gasteiger partial charge in [-0.2, -0.15) is 0 Å². The Kier molecular flexibility index (Phi) is 5.89. The molecule has 0 aromatic rings. The SMILES string of the molecule is CNCC1(COC)CCCC1.Cl. The van der Waals surface area contributed by atoms with Crippen molar-refractivity contribution in [2.75, 3.05) is 27.3 Å². The van der Waals surface area contributed by atoms with Crippen LogP contribution in [0.4, 0.5) is 0 Å². The highest BCUT2D eigenvalue weighted by molar-refractivity contribution is 5.85. The van der Waals surface area contributed by atoms with Gasteiger partial charge in [-0.05, 0) is 19.9 Å². The Hall–Kier alpha value is 0.210. The van der Waals surface area contributed by atoms with Crippen LogP contribution >= 0.6 is 12.4 Å². The highest BCUT2D eigenvalue weighted by atomic mass is 35.5. The minimum atomic E-state index is 0. The molecule has 0 radical (unpaired) electrons. The summed E-state index contributed by atoms with van der Waals surface area (Å²) in [5.74, 6) is 0. The zero-order valence-electron chi connectivity index (χ0n) is 8.06. The third kappa shape index (κ3) is 2.92. The number of hydrogen-bond acceptors (Lipinski definition) is 2. The maximum absolute atomic E-state index is 5.24. The van der Waals surface area contributed by atoms with Crippen molar-refractivity contribution < 1.29 is 4.74 Å². The predicted molar refractivity (Wildman–Crippen MR) is 54.0 cm³/mol. The zero-order valence-corrected chi connectivity index (χ0v) is 8.88. The van der Waals surface area contributed by atoms with Gasteiger partial charge < -0.3 is 10.1 Å². The van der Waals surface area contributed by atoms with Gasteiger partial charge >= 0.3 is 0 Å². The quantitative estimate of drug-likeness (QED) is 0.736. The van der Waals surface area contributed by atoms with E-state index in [0.717, 1.165) is 13.2 Å². The van der Waals surface area contributed by atoms with Crippen molar-refractivity contribution in [1.82, 2.24) is 5.32 Å². The van der Waals surface area contributed by atoms with Crippen LogP contribution in [-0.4, -0.2) is 27.3 Å². The Bertz CT molecular complexity index is 105. The first kappa shape index (κ1) is 12.2. The standard InChI is InChI=1S/C9H19NO.ClH/c1-10-7-9(8-11-2)5-3-4-6-9;/h10H,3-8H2,1-2H3;1H. The van der Waals surface area contributed by atoms with Gasteiger partial charge in [-0.1, -0.05) is 12.8 Å². The molecule has 0 bridgehead atoms. The summed E-state index contributed by atoms with van der Waals surface area (Å²) >= 11 is 0. The maximum Gasteiger partial charge on any atom is 0.0530 e. The van der Waals surface area contributed by atoms with E-state index in [2.05, 4.69) is 5.32 Å². The third-order valence-corrected chi connectivity index (χ3v) is 2.67. The zero-order chi connectivity index (χ0) is 8.16. The molecule has 0 aromatic heterocycles. The molecule has 0 unspecified atom stereocenters.